The highest BCUT2D eigenvalue weighted by molar-refractivity contribution is 5.14. The van der Waals surface area contributed by atoms with Crippen LogP contribution in [0.5, 0.6) is 0 Å². The van der Waals surface area contributed by atoms with Crippen molar-refractivity contribution in [2.24, 2.45) is 0 Å². The van der Waals surface area contributed by atoms with Crippen LogP contribution in [0.25, 0.3) is 0 Å². The molecule has 1 aliphatic heterocycles. The summed E-state index contributed by atoms with van der Waals surface area (Å²) < 4.78 is 0. The van der Waals surface area contributed by atoms with E-state index in [1.165, 1.54) is 44.2 Å². The highest BCUT2D eigenvalue weighted by Crippen LogP contribution is 2.23. The maximum absolute atomic E-state index is 2.67. The summed E-state index contributed by atoms with van der Waals surface area (Å²) in [6.45, 7) is 4.73. The average Bonchev–Trinajstić information content (AvgIpc) is 2.75. The number of nitrogens with zero attached hydrogens (tertiary/aromatic N) is 1. The second-order valence-electron chi connectivity index (χ2n) is 4.89. The van der Waals surface area contributed by atoms with Gasteiger partial charge >= 0.3 is 0 Å². The summed E-state index contributed by atoms with van der Waals surface area (Å²) in [5, 5.41) is 0. The van der Waals surface area contributed by atoms with E-state index in [1.54, 1.807) is 0 Å². The van der Waals surface area contributed by atoms with Gasteiger partial charge in [-0.3, -0.25) is 4.90 Å². The van der Waals surface area contributed by atoms with Crippen LogP contribution in [0.1, 0.15) is 44.6 Å². The second-order valence-corrected chi connectivity index (χ2v) is 4.89. The molecule has 0 N–H and O–H groups in total. The Balaban J connectivity index is 1.88. The molecule has 1 aromatic rings. The molecule has 0 bridgehead atoms. The second kappa shape index (κ2) is 6.05. The Kier molecular flexibility index (Phi) is 4.41. The molecule has 1 aliphatic rings. The lowest BCUT2D eigenvalue weighted by Gasteiger charge is -2.24. The number of benzene rings is 1. The van der Waals surface area contributed by atoms with Gasteiger partial charge < -0.3 is 0 Å². The van der Waals surface area contributed by atoms with E-state index in [2.05, 4.69) is 42.2 Å². The molecule has 88 valence electrons. The van der Waals surface area contributed by atoms with Crippen molar-refractivity contribution in [1.29, 1.82) is 0 Å². The van der Waals surface area contributed by atoms with Crippen LogP contribution in [-0.4, -0.2) is 17.5 Å². The Morgan fingerprint density at radius 2 is 2.06 bits per heavy atom. The molecule has 1 fully saturated rings. The zero-order valence-electron chi connectivity index (χ0n) is 10.4. The Bertz CT molecular complexity index is 294. The van der Waals surface area contributed by atoms with Crippen LogP contribution >= 0.6 is 0 Å². The molecule has 1 heteroatoms. The maximum Gasteiger partial charge on any atom is 0.0236 e. The van der Waals surface area contributed by atoms with Crippen molar-refractivity contribution in [3.8, 4) is 0 Å². The molecule has 0 unspecified atom stereocenters. The summed E-state index contributed by atoms with van der Waals surface area (Å²) in [5.74, 6) is 0. The van der Waals surface area contributed by atoms with E-state index in [9.17, 15) is 0 Å². The lowest BCUT2D eigenvalue weighted by molar-refractivity contribution is 0.231. The van der Waals surface area contributed by atoms with Crippen molar-refractivity contribution in [1.82, 2.24) is 4.90 Å². The van der Waals surface area contributed by atoms with Crippen LogP contribution < -0.4 is 0 Å². The predicted octanol–water partition coefficient (Wildman–Crippen LogP) is 3.84. The lowest BCUT2D eigenvalue weighted by atomic mass is 10.1. The number of hydrogen-bond acceptors (Lipinski definition) is 1. The van der Waals surface area contributed by atoms with E-state index in [0.29, 0.717) is 0 Å². The smallest absolute Gasteiger partial charge is 0.0236 e. The van der Waals surface area contributed by atoms with Crippen LogP contribution in [0.2, 0.25) is 0 Å². The number of likely N-dealkylation sites (tertiary alicyclic amines) is 1. The summed E-state index contributed by atoms with van der Waals surface area (Å²) in [6, 6.07) is 11.7. The Labute approximate surface area is 99.5 Å². The third kappa shape index (κ3) is 3.08. The zero-order valence-corrected chi connectivity index (χ0v) is 10.4. The Morgan fingerprint density at radius 3 is 2.81 bits per heavy atom. The zero-order chi connectivity index (χ0) is 11.2. The van der Waals surface area contributed by atoms with E-state index in [0.717, 1.165) is 12.6 Å². The first-order valence-corrected chi connectivity index (χ1v) is 6.68. The largest absolute Gasteiger partial charge is 0.296 e. The van der Waals surface area contributed by atoms with Gasteiger partial charge in [-0.1, -0.05) is 50.1 Å². The molecule has 0 aliphatic carbocycles. The molecular formula is C15H23N. The molecule has 16 heavy (non-hydrogen) atoms. The molecule has 0 saturated carbocycles. The molecule has 0 aromatic heterocycles. The molecule has 2 rings (SSSR count). The predicted molar refractivity (Wildman–Crippen MR) is 69.4 cm³/mol. The van der Waals surface area contributed by atoms with E-state index in [4.69, 9.17) is 0 Å². The minimum absolute atomic E-state index is 0.847. The number of unbranched alkanes of at least 4 members (excludes halogenated alkanes) is 1. The van der Waals surface area contributed by atoms with Crippen LogP contribution in [-0.2, 0) is 6.54 Å². The molecule has 0 radical (unpaired) electrons. The summed E-state index contributed by atoms with van der Waals surface area (Å²) in [5.41, 5.74) is 1.46. The van der Waals surface area contributed by atoms with Gasteiger partial charge in [-0.25, -0.2) is 0 Å². The third-order valence-corrected chi connectivity index (χ3v) is 3.62. The van der Waals surface area contributed by atoms with E-state index >= 15 is 0 Å². The van der Waals surface area contributed by atoms with Gasteiger partial charge in [0.25, 0.3) is 0 Å². The van der Waals surface area contributed by atoms with Crippen LogP contribution in [0, 0.1) is 0 Å². The monoisotopic (exact) mass is 217 g/mol. The molecule has 1 aromatic carbocycles. The Morgan fingerprint density at radius 1 is 1.25 bits per heavy atom. The van der Waals surface area contributed by atoms with Crippen molar-refractivity contribution >= 4 is 0 Å². The van der Waals surface area contributed by atoms with E-state index in [-0.39, 0.29) is 0 Å². The van der Waals surface area contributed by atoms with Gasteiger partial charge in [0.15, 0.2) is 0 Å². The maximum atomic E-state index is 2.67. The molecule has 1 nitrogen and oxygen atoms in total. The molecular weight excluding hydrogens is 194 g/mol. The number of rotatable bonds is 5. The van der Waals surface area contributed by atoms with Gasteiger partial charge in [-0.05, 0) is 31.4 Å². The fourth-order valence-electron chi connectivity index (χ4n) is 2.69. The summed E-state index contributed by atoms with van der Waals surface area (Å²) >= 11 is 0. The molecule has 0 spiro atoms. The van der Waals surface area contributed by atoms with Gasteiger partial charge in [0.1, 0.15) is 0 Å². The fourth-order valence-corrected chi connectivity index (χ4v) is 2.69. The van der Waals surface area contributed by atoms with Crippen molar-refractivity contribution in [3.05, 3.63) is 35.9 Å². The average molecular weight is 217 g/mol. The van der Waals surface area contributed by atoms with Crippen molar-refractivity contribution < 1.29 is 0 Å². The topological polar surface area (TPSA) is 3.24 Å². The number of hydrogen-bond donors (Lipinski definition) is 0. The van der Waals surface area contributed by atoms with Crippen molar-refractivity contribution in [3.63, 3.8) is 0 Å². The first-order chi connectivity index (χ1) is 7.90. The van der Waals surface area contributed by atoms with Crippen LogP contribution in [0.3, 0.4) is 0 Å². The van der Waals surface area contributed by atoms with Crippen LogP contribution in [0.15, 0.2) is 30.3 Å². The summed E-state index contributed by atoms with van der Waals surface area (Å²) in [4.78, 5) is 2.67. The minimum Gasteiger partial charge on any atom is -0.296 e. The highest BCUT2D eigenvalue weighted by atomic mass is 15.2. The lowest BCUT2D eigenvalue weighted by Crippen LogP contribution is -2.28. The molecule has 0 amide bonds. The summed E-state index contributed by atoms with van der Waals surface area (Å²) in [6.07, 6.45) is 6.91. The van der Waals surface area contributed by atoms with E-state index in [1.807, 2.05) is 0 Å². The molecule has 1 atom stereocenters. The fraction of sp³-hybridized carbons (Fsp3) is 0.600. The van der Waals surface area contributed by atoms with E-state index < -0.39 is 0 Å². The normalized spacial score (nSPS) is 21.4. The highest BCUT2D eigenvalue weighted by Gasteiger charge is 2.23. The van der Waals surface area contributed by atoms with Crippen LogP contribution in [0.4, 0.5) is 0 Å². The quantitative estimate of drug-likeness (QED) is 0.724. The van der Waals surface area contributed by atoms with Gasteiger partial charge in [0, 0.05) is 12.6 Å². The first kappa shape index (κ1) is 11.7. The SMILES string of the molecule is CCCC[C@H]1CCCN1Cc1ccccc1. The molecule has 1 heterocycles. The first-order valence-electron chi connectivity index (χ1n) is 6.68. The van der Waals surface area contributed by atoms with Crippen molar-refractivity contribution in [2.45, 2.75) is 51.6 Å². The van der Waals surface area contributed by atoms with Crippen molar-refractivity contribution in [2.75, 3.05) is 6.54 Å². The summed E-state index contributed by atoms with van der Waals surface area (Å²) in [7, 11) is 0. The standard InChI is InChI=1S/C15H23N/c1-2-3-10-15-11-7-12-16(15)13-14-8-5-4-6-9-14/h4-6,8-9,15H,2-3,7,10-13H2,1H3/t15-/m0/s1. The van der Waals surface area contributed by atoms with Gasteiger partial charge in [0.2, 0.25) is 0 Å². The Hall–Kier alpha value is -0.820. The third-order valence-electron chi connectivity index (χ3n) is 3.62. The van der Waals surface area contributed by atoms with Gasteiger partial charge in [0.05, 0.1) is 0 Å². The van der Waals surface area contributed by atoms with Gasteiger partial charge in [-0.2, -0.15) is 0 Å². The minimum atomic E-state index is 0.847. The van der Waals surface area contributed by atoms with Gasteiger partial charge in [-0.15, -0.1) is 0 Å². The molecule has 1 saturated heterocycles.